The van der Waals surface area contributed by atoms with Crippen LogP contribution < -0.4 is 5.32 Å². The Morgan fingerprint density at radius 1 is 1.26 bits per heavy atom. The third-order valence-corrected chi connectivity index (χ3v) is 2.85. The van der Waals surface area contributed by atoms with Crippen molar-refractivity contribution in [3.05, 3.63) is 48.7 Å². The maximum Gasteiger partial charge on any atom is 0.224 e. The Kier molecular flexibility index (Phi) is 4.67. The number of hydrogen-bond donors (Lipinski definition) is 1. The molecule has 0 radical (unpaired) electrons. The molecule has 1 aromatic heterocycles. The molecule has 2 aromatic rings. The molecule has 98 valence electrons. The predicted molar refractivity (Wildman–Crippen MR) is 79.0 cm³/mol. The number of anilines is 1. The third-order valence-electron chi connectivity index (χ3n) is 2.85. The summed E-state index contributed by atoms with van der Waals surface area (Å²) < 4.78 is 0. The lowest BCUT2D eigenvalue weighted by Gasteiger charge is -2.07. The molecule has 0 aliphatic carbocycles. The molecule has 0 fully saturated rings. The number of hydrogen-bond acceptors (Lipinski definition) is 2. The van der Waals surface area contributed by atoms with Gasteiger partial charge in [0.05, 0.1) is 11.2 Å². The largest absolute Gasteiger partial charge is 0.324 e. The summed E-state index contributed by atoms with van der Waals surface area (Å²) in [6.07, 6.45) is 8.14. The quantitative estimate of drug-likeness (QED) is 0.822. The molecule has 0 atom stereocenters. The minimum Gasteiger partial charge on any atom is -0.324 e. The van der Waals surface area contributed by atoms with Crippen LogP contribution in [-0.4, -0.2) is 10.9 Å². The van der Waals surface area contributed by atoms with Crippen molar-refractivity contribution in [3.63, 3.8) is 0 Å². The van der Waals surface area contributed by atoms with Gasteiger partial charge in [-0.3, -0.25) is 9.78 Å². The first-order chi connectivity index (χ1) is 9.31. The highest BCUT2D eigenvalue weighted by atomic mass is 16.1. The number of pyridine rings is 1. The van der Waals surface area contributed by atoms with E-state index in [-0.39, 0.29) is 5.91 Å². The number of amides is 1. The number of para-hydroxylation sites is 1. The van der Waals surface area contributed by atoms with Crippen LogP contribution >= 0.6 is 0 Å². The van der Waals surface area contributed by atoms with Crippen molar-refractivity contribution in [2.75, 3.05) is 5.32 Å². The van der Waals surface area contributed by atoms with E-state index in [9.17, 15) is 4.79 Å². The number of nitrogens with zero attached hydrogens (tertiary/aromatic N) is 1. The number of allylic oxidation sites excluding steroid dienone is 2. The van der Waals surface area contributed by atoms with Crippen LogP contribution in [0.25, 0.3) is 10.9 Å². The third kappa shape index (κ3) is 3.65. The fourth-order valence-corrected chi connectivity index (χ4v) is 1.92. The van der Waals surface area contributed by atoms with Gasteiger partial charge in [-0.25, -0.2) is 0 Å². The molecule has 19 heavy (non-hydrogen) atoms. The van der Waals surface area contributed by atoms with Gasteiger partial charge in [-0.1, -0.05) is 37.3 Å². The van der Waals surface area contributed by atoms with Crippen molar-refractivity contribution in [3.8, 4) is 0 Å². The molecular weight excluding hydrogens is 236 g/mol. The summed E-state index contributed by atoms with van der Waals surface area (Å²) >= 11 is 0. The van der Waals surface area contributed by atoms with Crippen LogP contribution in [0.2, 0.25) is 0 Å². The van der Waals surface area contributed by atoms with Gasteiger partial charge in [0.15, 0.2) is 0 Å². The van der Waals surface area contributed by atoms with Gasteiger partial charge in [0.2, 0.25) is 5.91 Å². The number of rotatable bonds is 5. The Balaban J connectivity index is 2.05. The van der Waals surface area contributed by atoms with E-state index < -0.39 is 0 Å². The van der Waals surface area contributed by atoms with Crippen LogP contribution in [0.4, 0.5) is 5.69 Å². The number of nitrogens with one attached hydrogen (secondary N) is 1. The molecule has 1 aromatic carbocycles. The van der Waals surface area contributed by atoms with E-state index in [4.69, 9.17) is 0 Å². The first-order valence-electron chi connectivity index (χ1n) is 6.60. The van der Waals surface area contributed by atoms with Crippen molar-refractivity contribution < 1.29 is 4.79 Å². The molecule has 0 saturated carbocycles. The molecule has 3 heteroatoms. The van der Waals surface area contributed by atoms with Gasteiger partial charge < -0.3 is 5.32 Å². The lowest BCUT2D eigenvalue weighted by Crippen LogP contribution is -2.11. The fourth-order valence-electron chi connectivity index (χ4n) is 1.92. The minimum absolute atomic E-state index is 0.0268. The SMILES string of the molecule is CC/C=C\CCC(=O)Nc1cccc2cccnc12. The van der Waals surface area contributed by atoms with E-state index in [0.29, 0.717) is 6.42 Å². The maximum atomic E-state index is 11.8. The van der Waals surface area contributed by atoms with E-state index in [0.717, 1.165) is 29.4 Å². The van der Waals surface area contributed by atoms with Crippen molar-refractivity contribution in [2.45, 2.75) is 26.2 Å². The first-order valence-corrected chi connectivity index (χ1v) is 6.60. The molecule has 0 aliphatic rings. The second-order valence-electron chi connectivity index (χ2n) is 4.35. The smallest absolute Gasteiger partial charge is 0.224 e. The van der Waals surface area contributed by atoms with Crippen molar-refractivity contribution in [2.24, 2.45) is 0 Å². The molecule has 0 bridgehead atoms. The number of aromatic nitrogens is 1. The average molecular weight is 254 g/mol. The number of carbonyl (C=O) groups excluding carboxylic acids is 1. The molecule has 1 amide bonds. The molecule has 1 heterocycles. The second-order valence-corrected chi connectivity index (χ2v) is 4.35. The van der Waals surface area contributed by atoms with E-state index in [1.807, 2.05) is 36.4 Å². The Labute approximate surface area is 113 Å². The normalized spacial score (nSPS) is 11.0. The van der Waals surface area contributed by atoms with Crippen molar-refractivity contribution in [1.29, 1.82) is 0 Å². The zero-order valence-corrected chi connectivity index (χ0v) is 11.1. The highest BCUT2D eigenvalue weighted by molar-refractivity contribution is 6.00. The van der Waals surface area contributed by atoms with Crippen molar-refractivity contribution >= 4 is 22.5 Å². The van der Waals surface area contributed by atoms with Gasteiger partial charge in [0.1, 0.15) is 0 Å². The van der Waals surface area contributed by atoms with Gasteiger partial charge >= 0.3 is 0 Å². The van der Waals surface area contributed by atoms with Gasteiger partial charge in [0, 0.05) is 18.0 Å². The molecule has 1 N–H and O–H groups in total. The summed E-state index contributed by atoms with van der Waals surface area (Å²) in [5.41, 5.74) is 1.62. The average Bonchev–Trinajstić information content (AvgIpc) is 2.44. The zero-order chi connectivity index (χ0) is 13.5. The topological polar surface area (TPSA) is 42.0 Å². The Morgan fingerprint density at radius 3 is 2.95 bits per heavy atom. The lowest BCUT2D eigenvalue weighted by molar-refractivity contribution is -0.116. The van der Waals surface area contributed by atoms with E-state index in [2.05, 4.69) is 23.3 Å². The highest BCUT2D eigenvalue weighted by Crippen LogP contribution is 2.20. The van der Waals surface area contributed by atoms with Crippen LogP contribution in [0.3, 0.4) is 0 Å². The van der Waals surface area contributed by atoms with E-state index in [1.165, 1.54) is 0 Å². The van der Waals surface area contributed by atoms with Crippen LogP contribution in [0.1, 0.15) is 26.2 Å². The molecule has 2 rings (SSSR count). The lowest BCUT2D eigenvalue weighted by atomic mass is 10.2. The van der Waals surface area contributed by atoms with Gasteiger partial charge in [0.25, 0.3) is 0 Å². The minimum atomic E-state index is 0.0268. The molecule has 0 saturated heterocycles. The Morgan fingerprint density at radius 2 is 2.11 bits per heavy atom. The first kappa shape index (κ1) is 13.3. The van der Waals surface area contributed by atoms with Crippen LogP contribution in [0, 0.1) is 0 Å². The highest BCUT2D eigenvalue weighted by Gasteiger charge is 2.05. The van der Waals surface area contributed by atoms with E-state index >= 15 is 0 Å². The number of fused-ring (bicyclic) bond motifs is 1. The van der Waals surface area contributed by atoms with Crippen LogP contribution in [-0.2, 0) is 4.79 Å². The maximum absolute atomic E-state index is 11.8. The summed E-state index contributed by atoms with van der Waals surface area (Å²) in [5, 5.41) is 3.96. The van der Waals surface area contributed by atoms with Gasteiger partial charge in [-0.15, -0.1) is 0 Å². The predicted octanol–water partition coefficient (Wildman–Crippen LogP) is 3.92. The van der Waals surface area contributed by atoms with Crippen LogP contribution in [0.15, 0.2) is 48.7 Å². The summed E-state index contributed by atoms with van der Waals surface area (Å²) in [4.78, 5) is 16.2. The molecule has 0 unspecified atom stereocenters. The van der Waals surface area contributed by atoms with Gasteiger partial charge in [-0.2, -0.15) is 0 Å². The Hall–Kier alpha value is -2.16. The van der Waals surface area contributed by atoms with Crippen molar-refractivity contribution in [1.82, 2.24) is 4.98 Å². The standard InChI is InChI=1S/C16H18N2O/c1-2-3-4-5-11-15(19)18-14-10-6-8-13-9-7-12-17-16(13)14/h3-4,6-10,12H,2,5,11H2,1H3,(H,18,19)/b4-3-. The summed E-state index contributed by atoms with van der Waals surface area (Å²) in [7, 11) is 0. The fraction of sp³-hybridized carbons (Fsp3) is 0.250. The molecule has 3 nitrogen and oxygen atoms in total. The zero-order valence-electron chi connectivity index (χ0n) is 11.1. The van der Waals surface area contributed by atoms with Gasteiger partial charge in [-0.05, 0) is 25.0 Å². The summed E-state index contributed by atoms with van der Waals surface area (Å²) in [5.74, 6) is 0.0268. The molecule has 0 spiro atoms. The Bertz CT molecular complexity index is 585. The number of carbonyl (C=O) groups is 1. The van der Waals surface area contributed by atoms with E-state index in [1.54, 1.807) is 6.20 Å². The number of benzene rings is 1. The second kappa shape index (κ2) is 6.69. The molecular formula is C16H18N2O. The summed E-state index contributed by atoms with van der Waals surface area (Å²) in [6, 6.07) is 9.68. The monoisotopic (exact) mass is 254 g/mol. The molecule has 0 aliphatic heterocycles. The van der Waals surface area contributed by atoms with Crippen LogP contribution in [0.5, 0.6) is 0 Å². The summed E-state index contributed by atoms with van der Waals surface area (Å²) in [6.45, 7) is 2.08.